The Kier molecular flexibility index (Phi) is 7.21. The summed E-state index contributed by atoms with van der Waals surface area (Å²) in [7, 11) is 0. The van der Waals surface area contributed by atoms with Crippen molar-refractivity contribution in [3.8, 4) is 5.75 Å². The maximum atomic E-state index is 13.5. The Bertz CT molecular complexity index is 756. The maximum Gasteiger partial charge on any atom is 0.258 e. The summed E-state index contributed by atoms with van der Waals surface area (Å²) in [4.78, 5) is 23.5. The SMILES string of the molecule is O=C(COc1ccc(Br)cc1F)NCCNC(=O)c1ccc(Cl)cc1. The number of hydrogen-bond donors (Lipinski definition) is 2. The van der Waals surface area contributed by atoms with Crippen LogP contribution in [0, 0.1) is 5.82 Å². The smallest absolute Gasteiger partial charge is 0.258 e. The zero-order chi connectivity index (χ0) is 18.2. The highest BCUT2D eigenvalue weighted by atomic mass is 79.9. The van der Waals surface area contributed by atoms with Gasteiger partial charge in [0.2, 0.25) is 0 Å². The standard InChI is InChI=1S/C17H15BrClFN2O3/c18-12-3-6-15(14(20)9-12)25-10-16(23)21-7-8-22-17(24)11-1-4-13(19)5-2-11/h1-6,9H,7-8,10H2,(H,21,23)(H,22,24). The summed E-state index contributed by atoms with van der Waals surface area (Å²) < 4.78 is 19.2. The normalized spacial score (nSPS) is 10.2. The molecule has 2 aromatic rings. The third-order valence-electron chi connectivity index (χ3n) is 3.09. The molecular formula is C17H15BrClFN2O3. The van der Waals surface area contributed by atoms with E-state index in [1.807, 2.05) is 0 Å². The molecule has 0 saturated heterocycles. The van der Waals surface area contributed by atoms with Crippen LogP contribution in [0.5, 0.6) is 5.75 Å². The second-order valence-corrected chi connectivity index (χ2v) is 6.33. The highest BCUT2D eigenvalue weighted by Gasteiger charge is 2.08. The van der Waals surface area contributed by atoms with Crippen molar-refractivity contribution in [1.29, 1.82) is 0 Å². The van der Waals surface area contributed by atoms with Gasteiger partial charge in [-0.25, -0.2) is 4.39 Å². The zero-order valence-electron chi connectivity index (χ0n) is 13.0. The molecule has 8 heteroatoms. The van der Waals surface area contributed by atoms with Crippen LogP contribution in [0.15, 0.2) is 46.9 Å². The Morgan fingerprint density at radius 1 is 1.08 bits per heavy atom. The van der Waals surface area contributed by atoms with Crippen molar-refractivity contribution >= 4 is 39.3 Å². The highest BCUT2D eigenvalue weighted by molar-refractivity contribution is 9.10. The molecule has 0 atom stereocenters. The van der Waals surface area contributed by atoms with Crippen molar-refractivity contribution in [2.75, 3.05) is 19.7 Å². The number of rotatable bonds is 7. The summed E-state index contributed by atoms with van der Waals surface area (Å²) >= 11 is 8.89. The van der Waals surface area contributed by atoms with Gasteiger partial charge in [0, 0.05) is 28.1 Å². The van der Waals surface area contributed by atoms with Gasteiger partial charge in [-0.3, -0.25) is 9.59 Å². The number of carbonyl (C=O) groups excluding carboxylic acids is 2. The lowest BCUT2D eigenvalue weighted by Gasteiger charge is -2.09. The molecule has 2 N–H and O–H groups in total. The zero-order valence-corrected chi connectivity index (χ0v) is 15.4. The van der Waals surface area contributed by atoms with Crippen LogP contribution in [-0.4, -0.2) is 31.5 Å². The number of benzene rings is 2. The first kappa shape index (κ1) is 19.2. The summed E-state index contributed by atoms with van der Waals surface area (Å²) in [5, 5.41) is 5.78. The Hall–Kier alpha value is -2.12. The molecule has 2 rings (SSSR count). The molecule has 0 spiro atoms. The van der Waals surface area contributed by atoms with Gasteiger partial charge in [-0.05, 0) is 42.5 Å². The second-order valence-electron chi connectivity index (χ2n) is 4.98. The summed E-state index contributed by atoms with van der Waals surface area (Å²) in [6, 6.07) is 10.8. The summed E-state index contributed by atoms with van der Waals surface area (Å²) in [6.45, 7) is 0.161. The molecule has 0 unspecified atom stereocenters. The molecule has 0 fully saturated rings. The quantitative estimate of drug-likeness (QED) is 0.665. The Morgan fingerprint density at radius 3 is 2.44 bits per heavy atom. The van der Waals surface area contributed by atoms with Crippen molar-refractivity contribution in [2.24, 2.45) is 0 Å². The average Bonchev–Trinajstić information content (AvgIpc) is 2.58. The van der Waals surface area contributed by atoms with Crippen LogP contribution in [0.4, 0.5) is 4.39 Å². The fourth-order valence-corrected chi connectivity index (χ4v) is 2.33. The van der Waals surface area contributed by atoms with Gasteiger partial charge in [0.1, 0.15) is 0 Å². The van der Waals surface area contributed by atoms with Crippen LogP contribution in [0.3, 0.4) is 0 Å². The number of ether oxygens (including phenoxy) is 1. The highest BCUT2D eigenvalue weighted by Crippen LogP contribution is 2.21. The van der Waals surface area contributed by atoms with Gasteiger partial charge in [-0.1, -0.05) is 27.5 Å². The van der Waals surface area contributed by atoms with Crippen molar-refractivity contribution in [2.45, 2.75) is 0 Å². The first-order valence-electron chi connectivity index (χ1n) is 7.34. The Balaban J connectivity index is 1.66. The molecule has 25 heavy (non-hydrogen) atoms. The number of amides is 2. The fourth-order valence-electron chi connectivity index (χ4n) is 1.87. The predicted molar refractivity (Wildman–Crippen MR) is 96.4 cm³/mol. The van der Waals surface area contributed by atoms with Crippen LogP contribution < -0.4 is 15.4 Å². The van der Waals surface area contributed by atoms with E-state index in [9.17, 15) is 14.0 Å². The molecule has 0 aliphatic rings. The van der Waals surface area contributed by atoms with E-state index < -0.39 is 11.7 Å². The molecule has 2 aromatic carbocycles. The van der Waals surface area contributed by atoms with Gasteiger partial charge in [0.05, 0.1) is 0 Å². The molecule has 0 bridgehead atoms. The molecule has 132 valence electrons. The van der Waals surface area contributed by atoms with E-state index in [0.717, 1.165) is 0 Å². The molecule has 0 aliphatic heterocycles. The monoisotopic (exact) mass is 428 g/mol. The topological polar surface area (TPSA) is 67.4 Å². The van der Waals surface area contributed by atoms with Crippen LogP contribution in [-0.2, 0) is 4.79 Å². The minimum atomic E-state index is -0.558. The lowest BCUT2D eigenvalue weighted by molar-refractivity contribution is -0.123. The molecule has 0 radical (unpaired) electrons. The van der Waals surface area contributed by atoms with Crippen LogP contribution in [0.1, 0.15) is 10.4 Å². The first-order valence-corrected chi connectivity index (χ1v) is 8.51. The van der Waals surface area contributed by atoms with Gasteiger partial charge in [-0.15, -0.1) is 0 Å². The van der Waals surface area contributed by atoms with Crippen molar-refractivity contribution < 1.29 is 18.7 Å². The van der Waals surface area contributed by atoms with E-state index in [2.05, 4.69) is 26.6 Å². The van der Waals surface area contributed by atoms with Crippen LogP contribution in [0.2, 0.25) is 5.02 Å². The van der Waals surface area contributed by atoms with E-state index in [1.165, 1.54) is 12.1 Å². The van der Waals surface area contributed by atoms with E-state index in [4.69, 9.17) is 16.3 Å². The summed E-state index contributed by atoms with van der Waals surface area (Å²) in [5.74, 6) is -1.24. The van der Waals surface area contributed by atoms with Crippen molar-refractivity contribution in [1.82, 2.24) is 10.6 Å². The fraction of sp³-hybridized carbons (Fsp3) is 0.176. The molecule has 0 aliphatic carbocycles. The second kappa shape index (κ2) is 9.39. The number of halogens is 3. The van der Waals surface area contributed by atoms with Gasteiger partial charge >= 0.3 is 0 Å². The van der Waals surface area contributed by atoms with Gasteiger partial charge in [0.15, 0.2) is 18.2 Å². The molecule has 0 saturated carbocycles. The minimum absolute atomic E-state index is 0.00519. The van der Waals surface area contributed by atoms with Crippen molar-refractivity contribution in [3.63, 3.8) is 0 Å². The third kappa shape index (κ3) is 6.36. The van der Waals surface area contributed by atoms with Crippen molar-refractivity contribution in [3.05, 3.63) is 63.3 Å². The van der Waals surface area contributed by atoms with E-state index in [1.54, 1.807) is 30.3 Å². The first-order chi connectivity index (χ1) is 12.0. The Labute approximate surface area is 157 Å². The van der Waals surface area contributed by atoms with E-state index in [0.29, 0.717) is 15.1 Å². The summed E-state index contributed by atoms with van der Waals surface area (Å²) in [5.41, 5.74) is 0.477. The molecule has 5 nitrogen and oxygen atoms in total. The van der Waals surface area contributed by atoms with E-state index >= 15 is 0 Å². The van der Waals surface area contributed by atoms with E-state index in [-0.39, 0.29) is 31.4 Å². The largest absolute Gasteiger partial charge is 0.481 e. The molecule has 0 heterocycles. The maximum absolute atomic E-state index is 13.5. The number of carbonyl (C=O) groups is 2. The number of hydrogen-bond acceptors (Lipinski definition) is 3. The predicted octanol–water partition coefficient (Wildman–Crippen LogP) is 3.17. The molecule has 0 aromatic heterocycles. The average molecular weight is 430 g/mol. The lowest BCUT2D eigenvalue weighted by atomic mass is 10.2. The Morgan fingerprint density at radius 2 is 1.76 bits per heavy atom. The third-order valence-corrected chi connectivity index (χ3v) is 3.84. The molecule has 2 amide bonds. The van der Waals surface area contributed by atoms with Crippen LogP contribution in [0.25, 0.3) is 0 Å². The molecular weight excluding hydrogens is 415 g/mol. The lowest BCUT2D eigenvalue weighted by Crippen LogP contribution is -2.36. The van der Waals surface area contributed by atoms with Gasteiger partial charge in [0.25, 0.3) is 11.8 Å². The minimum Gasteiger partial charge on any atom is -0.481 e. The van der Waals surface area contributed by atoms with Crippen LogP contribution >= 0.6 is 27.5 Å². The summed E-state index contributed by atoms with van der Waals surface area (Å²) in [6.07, 6.45) is 0. The van der Waals surface area contributed by atoms with Gasteiger partial charge in [-0.2, -0.15) is 0 Å². The number of nitrogens with one attached hydrogen (secondary N) is 2. The van der Waals surface area contributed by atoms with Gasteiger partial charge < -0.3 is 15.4 Å².